The molecule has 2 rings (SSSR count). The number of nitrogens with zero attached hydrogens (tertiary/aromatic N) is 2. The fraction of sp³-hybridized carbons (Fsp3) is 0.182. The predicted octanol–water partition coefficient (Wildman–Crippen LogP) is 3.09. The zero-order valence-electron chi connectivity index (χ0n) is 8.16. The summed E-state index contributed by atoms with van der Waals surface area (Å²) in [6.07, 6.45) is 1.99. The second-order valence-corrected chi connectivity index (χ2v) is 4.48. The highest BCUT2D eigenvalue weighted by atomic mass is 127. The third kappa shape index (κ3) is 1.82. The summed E-state index contributed by atoms with van der Waals surface area (Å²) in [6, 6.07) is 8.38. The Morgan fingerprint density at radius 2 is 2.00 bits per heavy atom. The summed E-state index contributed by atoms with van der Waals surface area (Å²) in [7, 11) is 0. The Balaban J connectivity index is 2.52. The molecule has 2 nitrogen and oxygen atoms in total. The highest BCUT2D eigenvalue weighted by Crippen LogP contribution is 2.15. The Morgan fingerprint density at radius 3 is 2.57 bits per heavy atom. The van der Waals surface area contributed by atoms with Gasteiger partial charge in [0.05, 0.1) is 5.69 Å². The lowest BCUT2D eigenvalue weighted by atomic mass is 10.1. The third-order valence-electron chi connectivity index (χ3n) is 2.16. The summed E-state index contributed by atoms with van der Waals surface area (Å²) in [6.45, 7) is 4.21. The molecular weight excluding hydrogens is 287 g/mol. The normalized spacial score (nSPS) is 10.5. The number of aromatic nitrogens is 2. The zero-order chi connectivity index (χ0) is 10.1. The van der Waals surface area contributed by atoms with Crippen molar-refractivity contribution in [1.29, 1.82) is 0 Å². The van der Waals surface area contributed by atoms with Gasteiger partial charge >= 0.3 is 0 Å². The average molecular weight is 298 g/mol. The van der Waals surface area contributed by atoms with Gasteiger partial charge in [-0.1, -0.05) is 17.7 Å². The summed E-state index contributed by atoms with van der Waals surface area (Å²) in [4.78, 5) is 0. The summed E-state index contributed by atoms with van der Waals surface area (Å²) in [5, 5.41) is 4.37. The Hall–Kier alpha value is -0.840. The number of benzene rings is 1. The third-order valence-corrected chi connectivity index (χ3v) is 2.73. The second-order valence-electron chi connectivity index (χ2n) is 3.37. The van der Waals surface area contributed by atoms with Crippen LogP contribution in [0.15, 0.2) is 30.5 Å². The van der Waals surface area contributed by atoms with Crippen LogP contribution in [0.1, 0.15) is 11.1 Å². The Labute approximate surface area is 97.1 Å². The van der Waals surface area contributed by atoms with E-state index in [0.29, 0.717) is 0 Å². The molecule has 14 heavy (non-hydrogen) atoms. The minimum Gasteiger partial charge on any atom is -0.240 e. The van der Waals surface area contributed by atoms with Crippen LogP contribution in [-0.2, 0) is 0 Å². The van der Waals surface area contributed by atoms with E-state index in [0.717, 1.165) is 9.39 Å². The smallest absolute Gasteiger partial charge is 0.123 e. The van der Waals surface area contributed by atoms with E-state index in [-0.39, 0.29) is 0 Å². The van der Waals surface area contributed by atoms with E-state index in [1.54, 1.807) is 0 Å². The van der Waals surface area contributed by atoms with E-state index in [2.05, 4.69) is 59.7 Å². The van der Waals surface area contributed by atoms with Crippen molar-refractivity contribution in [2.75, 3.05) is 0 Å². The maximum atomic E-state index is 4.37. The number of hydrogen-bond donors (Lipinski definition) is 0. The Kier molecular flexibility index (Phi) is 2.58. The number of rotatable bonds is 1. The first-order valence-electron chi connectivity index (χ1n) is 4.45. The first-order valence-corrected chi connectivity index (χ1v) is 5.53. The van der Waals surface area contributed by atoms with Gasteiger partial charge in [0, 0.05) is 6.20 Å². The van der Waals surface area contributed by atoms with Crippen LogP contribution in [0, 0.1) is 17.5 Å². The molecule has 0 aliphatic rings. The summed E-state index contributed by atoms with van der Waals surface area (Å²) in [5.74, 6) is 0. The van der Waals surface area contributed by atoms with Crippen molar-refractivity contribution in [3.8, 4) is 5.69 Å². The van der Waals surface area contributed by atoms with Crippen LogP contribution in [0.5, 0.6) is 0 Å². The topological polar surface area (TPSA) is 17.8 Å². The molecule has 0 amide bonds. The van der Waals surface area contributed by atoms with Crippen molar-refractivity contribution in [3.05, 3.63) is 45.3 Å². The molecule has 0 N–H and O–H groups in total. The standard InChI is InChI=1S/C11H11IN2/c1-8-3-4-10(9(2)7-8)14-6-5-11(12)13-14/h3-7H,1-2H3. The van der Waals surface area contributed by atoms with E-state index in [1.165, 1.54) is 11.1 Å². The minimum atomic E-state index is 1.02. The van der Waals surface area contributed by atoms with Gasteiger partial charge in [-0.2, -0.15) is 5.10 Å². The van der Waals surface area contributed by atoms with Crippen LogP contribution in [0.4, 0.5) is 0 Å². The Bertz CT molecular complexity index is 460. The second kappa shape index (κ2) is 3.73. The van der Waals surface area contributed by atoms with Gasteiger partial charge in [0.2, 0.25) is 0 Å². The van der Waals surface area contributed by atoms with Crippen LogP contribution >= 0.6 is 22.6 Å². The van der Waals surface area contributed by atoms with E-state index in [9.17, 15) is 0 Å². The molecule has 0 aliphatic carbocycles. The number of halogens is 1. The first kappa shape index (κ1) is 9.71. The summed E-state index contributed by atoms with van der Waals surface area (Å²) in [5.41, 5.74) is 3.69. The van der Waals surface area contributed by atoms with Gasteiger partial charge in [-0.25, -0.2) is 4.68 Å². The van der Waals surface area contributed by atoms with Gasteiger partial charge in [0.1, 0.15) is 3.70 Å². The van der Waals surface area contributed by atoms with E-state index in [1.807, 2.05) is 16.9 Å². The van der Waals surface area contributed by atoms with Crippen LogP contribution in [0.25, 0.3) is 5.69 Å². The lowest BCUT2D eigenvalue weighted by Crippen LogP contribution is -1.97. The number of hydrogen-bond acceptors (Lipinski definition) is 1. The molecule has 0 saturated heterocycles. The molecule has 0 unspecified atom stereocenters. The Morgan fingerprint density at radius 1 is 1.21 bits per heavy atom. The molecule has 0 saturated carbocycles. The molecule has 0 radical (unpaired) electrons. The highest BCUT2D eigenvalue weighted by Gasteiger charge is 2.02. The van der Waals surface area contributed by atoms with Crippen LogP contribution in [0.3, 0.4) is 0 Å². The molecule has 72 valence electrons. The van der Waals surface area contributed by atoms with Gasteiger partial charge in [0.25, 0.3) is 0 Å². The van der Waals surface area contributed by atoms with Crippen molar-refractivity contribution < 1.29 is 0 Å². The molecular formula is C11H11IN2. The van der Waals surface area contributed by atoms with Gasteiger partial charge in [-0.3, -0.25) is 0 Å². The SMILES string of the molecule is Cc1ccc(-n2ccc(I)n2)c(C)c1. The number of aryl methyl sites for hydroxylation is 2. The molecule has 0 bridgehead atoms. The van der Waals surface area contributed by atoms with Crippen molar-refractivity contribution in [2.45, 2.75) is 13.8 Å². The molecule has 1 aromatic heterocycles. The van der Waals surface area contributed by atoms with Crippen molar-refractivity contribution in [3.63, 3.8) is 0 Å². The van der Waals surface area contributed by atoms with Crippen molar-refractivity contribution >= 4 is 22.6 Å². The van der Waals surface area contributed by atoms with Crippen molar-refractivity contribution in [2.24, 2.45) is 0 Å². The molecule has 0 fully saturated rings. The quantitative estimate of drug-likeness (QED) is 0.740. The fourth-order valence-electron chi connectivity index (χ4n) is 1.50. The van der Waals surface area contributed by atoms with E-state index in [4.69, 9.17) is 0 Å². The molecule has 2 aromatic rings. The van der Waals surface area contributed by atoms with Crippen LogP contribution < -0.4 is 0 Å². The molecule has 0 atom stereocenters. The lowest BCUT2D eigenvalue weighted by Gasteiger charge is -2.06. The first-order chi connectivity index (χ1) is 6.66. The maximum absolute atomic E-state index is 4.37. The van der Waals surface area contributed by atoms with Crippen LogP contribution in [-0.4, -0.2) is 9.78 Å². The predicted molar refractivity (Wildman–Crippen MR) is 65.8 cm³/mol. The maximum Gasteiger partial charge on any atom is 0.123 e. The molecule has 0 spiro atoms. The van der Waals surface area contributed by atoms with Crippen molar-refractivity contribution in [1.82, 2.24) is 9.78 Å². The summed E-state index contributed by atoms with van der Waals surface area (Å²) >= 11 is 2.21. The van der Waals surface area contributed by atoms with E-state index >= 15 is 0 Å². The van der Waals surface area contributed by atoms with E-state index < -0.39 is 0 Å². The zero-order valence-corrected chi connectivity index (χ0v) is 10.3. The summed E-state index contributed by atoms with van der Waals surface area (Å²) < 4.78 is 2.93. The fourth-order valence-corrected chi connectivity index (χ4v) is 1.89. The average Bonchev–Trinajstić information content (AvgIpc) is 2.51. The highest BCUT2D eigenvalue weighted by molar-refractivity contribution is 14.1. The molecule has 1 heterocycles. The van der Waals surface area contributed by atoms with Crippen LogP contribution in [0.2, 0.25) is 0 Å². The van der Waals surface area contributed by atoms with Gasteiger partial charge in [-0.05, 0) is 54.1 Å². The largest absolute Gasteiger partial charge is 0.240 e. The molecule has 0 aliphatic heterocycles. The minimum absolute atomic E-state index is 1.02. The lowest BCUT2D eigenvalue weighted by molar-refractivity contribution is 0.861. The van der Waals surface area contributed by atoms with Gasteiger partial charge in [0.15, 0.2) is 0 Å². The molecule has 3 heteroatoms. The van der Waals surface area contributed by atoms with Gasteiger partial charge in [-0.15, -0.1) is 0 Å². The monoisotopic (exact) mass is 298 g/mol. The van der Waals surface area contributed by atoms with Gasteiger partial charge < -0.3 is 0 Å². The molecule has 1 aromatic carbocycles.